The first kappa shape index (κ1) is 23.6. The maximum atomic E-state index is 14.1. The zero-order valence-electron chi connectivity index (χ0n) is 19.5. The molecule has 4 aliphatic rings. The number of amides is 2. The van der Waals surface area contributed by atoms with Gasteiger partial charge in [0.1, 0.15) is 0 Å². The SMILES string of the molecule is CCCCOC(=O)c1cccc(N2C(=O)[C@H]3[C@H](C2=O)C2(Br)c4ccccc4C3(Br)c3ccccc32)c1. The van der Waals surface area contributed by atoms with E-state index < -0.39 is 26.5 Å². The zero-order chi connectivity index (χ0) is 25.2. The van der Waals surface area contributed by atoms with E-state index in [9.17, 15) is 14.4 Å². The second-order valence-electron chi connectivity index (χ2n) is 9.52. The molecule has 0 spiro atoms. The van der Waals surface area contributed by atoms with Gasteiger partial charge in [0.25, 0.3) is 0 Å². The number of carbonyl (C=O) groups is 3. The molecule has 2 amide bonds. The van der Waals surface area contributed by atoms with Gasteiger partial charge in [-0.2, -0.15) is 0 Å². The lowest BCUT2D eigenvalue weighted by Crippen LogP contribution is -2.56. The predicted octanol–water partition coefficient (Wildman–Crippen LogP) is 6.05. The summed E-state index contributed by atoms with van der Waals surface area (Å²) in [6.07, 6.45) is 1.69. The van der Waals surface area contributed by atoms with Gasteiger partial charge in [-0.15, -0.1) is 0 Å². The van der Waals surface area contributed by atoms with E-state index in [0.717, 1.165) is 35.1 Å². The average Bonchev–Trinajstić information content (AvgIpc) is 3.18. The van der Waals surface area contributed by atoms with Crippen LogP contribution >= 0.6 is 31.9 Å². The van der Waals surface area contributed by atoms with Crippen molar-refractivity contribution in [1.82, 2.24) is 0 Å². The van der Waals surface area contributed by atoms with E-state index in [1.54, 1.807) is 24.3 Å². The Morgan fingerprint density at radius 1 is 0.833 bits per heavy atom. The number of halogens is 2. The first-order chi connectivity index (χ1) is 17.3. The average molecular weight is 609 g/mol. The van der Waals surface area contributed by atoms with Crippen LogP contribution in [0, 0.1) is 11.8 Å². The number of alkyl halides is 2. The number of esters is 1. The summed E-state index contributed by atoms with van der Waals surface area (Å²) in [7, 11) is 0. The molecule has 3 aromatic carbocycles. The first-order valence-corrected chi connectivity index (χ1v) is 13.7. The fourth-order valence-electron chi connectivity index (χ4n) is 6.09. The monoisotopic (exact) mass is 607 g/mol. The first-order valence-electron chi connectivity index (χ1n) is 12.1. The standard InChI is InChI=1S/C29H23Br2NO4/c1-2-3-15-36-27(35)17-9-8-10-18(16-17)32-25(33)23-24(26(32)34)29(31)20-12-5-4-11-19(20)28(23,30)21-13-6-7-14-22(21)29/h4-14,16,23-24H,2-3,15H2,1H3/t23-,24-,28?,29?/m1/s1. The van der Waals surface area contributed by atoms with Gasteiger partial charge in [0.05, 0.1) is 38.3 Å². The molecule has 0 aromatic heterocycles. The fraction of sp³-hybridized carbons (Fsp3) is 0.276. The summed E-state index contributed by atoms with van der Waals surface area (Å²) in [6.45, 7) is 2.36. The fourth-order valence-corrected chi connectivity index (χ4v) is 8.39. The topological polar surface area (TPSA) is 63.7 Å². The summed E-state index contributed by atoms with van der Waals surface area (Å²) in [4.78, 5) is 42.1. The van der Waals surface area contributed by atoms with Crippen LogP contribution in [0.15, 0.2) is 72.8 Å². The van der Waals surface area contributed by atoms with E-state index in [1.807, 2.05) is 55.5 Å². The van der Waals surface area contributed by atoms with Crippen molar-refractivity contribution in [3.63, 3.8) is 0 Å². The Balaban J connectivity index is 1.47. The van der Waals surface area contributed by atoms with Crippen molar-refractivity contribution in [2.75, 3.05) is 11.5 Å². The van der Waals surface area contributed by atoms with Gasteiger partial charge >= 0.3 is 5.97 Å². The highest BCUT2D eigenvalue weighted by Gasteiger charge is 2.72. The molecule has 182 valence electrons. The highest BCUT2D eigenvalue weighted by molar-refractivity contribution is 9.10. The largest absolute Gasteiger partial charge is 0.462 e. The molecule has 1 fully saturated rings. The van der Waals surface area contributed by atoms with E-state index in [0.29, 0.717) is 17.9 Å². The van der Waals surface area contributed by atoms with Crippen LogP contribution < -0.4 is 4.90 Å². The lowest BCUT2D eigenvalue weighted by atomic mass is 9.54. The van der Waals surface area contributed by atoms with Crippen LogP contribution in [0.5, 0.6) is 0 Å². The molecule has 2 atom stereocenters. The van der Waals surface area contributed by atoms with E-state index in [4.69, 9.17) is 4.74 Å². The molecule has 1 aliphatic heterocycles. The van der Waals surface area contributed by atoms with Gasteiger partial charge in [0.2, 0.25) is 11.8 Å². The number of hydrogen-bond acceptors (Lipinski definition) is 4. The summed E-state index contributed by atoms with van der Waals surface area (Å²) in [5.41, 5.74) is 4.63. The smallest absolute Gasteiger partial charge is 0.338 e. The second kappa shape index (κ2) is 8.38. The Morgan fingerprint density at radius 2 is 1.33 bits per heavy atom. The summed E-state index contributed by atoms with van der Waals surface area (Å²) in [5.74, 6) is -2.35. The van der Waals surface area contributed by atoms with Crippen LogP contribution in [0.4, 0.5) is 5.69 Å². The molecule has 1 heterocycles. The van der Waals surface area contributed by atoms with Crippen molar-refractivity contribution in [3.8, 4) is 0 Å². The third-order valence-electron chi connectivity index (χ3n) is 7.66. The molecular formula is C29H23Br2NO4. The van der Waals surface area contributed by atoms with Crippen LogP contribution in [-0.2, 0) is 23.0 Å². The minimum Gasteiger partial charge on any atom is -0.462 e. The maximum Gasteiger partial charge on any atom is 0.338 e. The Hall–Kier alpha value is -2.77. The molecular weight excluding hydrogens is 586 g/mol. The van der Waals surface area contributed by atoms with Crippen molar-refractivity contribution in [3.05, 3.63) is 101 Å². The van der Waals surface area contributed by atoms with E-state index >= 15 is 0 Å². The number of ether oxygens (including phenoxy) is 1. The van der Waals surface area contributed by atoms with Crippen LogP contribution in [0.3, 0.4) is 0 Å². The van der Waals surface area contributed by atoms with Crippen LogP contribution in [0.1, 0.15) is 52.4 Å². The van der Waals surface area contributed by atoms with Crippen molar-refractivity contribution >= 4 is 55.3 Å². The maximum absolute atomic E-state index is 14.1. The second-order valence-corrected chi connectivity index (χ2v) is 12.0. The Morgan fingerprint density at radius 3 is 1.81 bits per heavy atom. The minimum absolute atomic E-state index is 0.286. The third-order valence-corrected chi connectivity index (χ3v) is 10.4. The highest BCUT2D eigenvalue weighted by atomic mass is 79.9. The van der Waals surface area contributed by atoms with Crippen LogP contribution in [0.25, 0.3) is 0 Å². The molecule has 7 rings (SSSR count). The number of imide groups is 1. The van der Waals surface area contributed by atoms with E-state index in [-0.39, 0.29) is 11.8 Å². The molecule has 0 saturated carbocycles. The molecule has 2 bridgehead atoms. The molecule has 0 N–H and O–H groups in total. The summed E-state index contributed by atoms with van der Waals surface area (Å²) >= 11 is 8.02. The lowest BCUT2D eigenvalue weighted by molar-refractivity contribution is -0.122. The predicted molar refractivity (Wildman–Crippen MR) is 143 cm³/mol. The number of hydrogen-bond donors (Lipinski definition) is 0. The van der Waals surface area contributed by atoms with Gasteiger partial charge in [-0.25, -0.2) is 9.69 Å². The van der Waals surface area contributed by atoms with Gasteiger partial charge in [-0.1, -0.05) is 99.8 Å². The van der Waals surface area contributed by atoms with Crippen molar-refractivity contribution in [2.45, 2.75) is 28.4 Å². The normalized spacial score (nSPS) is 27.5. The number of nitrogens with zero attached hydrogens (tertiary/aromatic N) is 1. The van der Waals surface area contributed by atoms with Gasteiger partial charge in [0.15, 0.2) is 0 Å². The summed E-state index contributed by atoms with van der Waals surface area (Å²) in [5, 5.41) is 0. The molecule has 1 saturated heterocycles. The summed E-state index contributed by atoms with van der Waals surface area (Å²) < 4.78 is 3.66. The van der Waals surface area contributed by atoms with Crippen molar-refractivity contribution in [2.24, 2.45) is 11.8 Å². The third kappa shape index (κ3) is 2.96. The number of unbranched alkanes of at least 4 members (excludes halogenated alkanes) is 1. The van der Waals surface area contributed by atoms with Crippen LogP contribution in [-0.4, -0.2) is 24.4 Å². The van der Waals surface area contributed by atoms with Gasteiger partial charge in [-0.3, -0.25) is 9.59 Å². The van der Waals surface area contributed by atoms with Crippen molar-refractivity contribution < 1.29 is 19.1 Å². The molecule has 0 unspecified atom stereocenters. The molecule has 5 nitrogen and oxygen atoms in total. The number of anilines is 1. The lowest BCUT2D eigenvalue weighted by Gasteiger charge is -2.55. The quantitative estimate of drug-likeness (QED) is 0.153. The molecule has 0 radical (unpaired) electrons. The van der Waals surface area contributed by atoms with E-state index in [2.05, 4.69) is 31.9 Å². The Kier molecular flexibility index (Phi) is 5.50. The molecule has 3 aliphatic carbocycles. The van der Waals surface area contributed by atoms with Crippen LogP contribution in [0.2, 0.25) is 0 Å². The van der Waals surface area contributed by atoms with Gasteiger partial charge in [-0.05, 0) is 46.9 Å². The van der Waals surface area contributed by atoms with Gasteiger partial charge in [0, 0.05) is 0 Å². The minimum atomic E-state index is -0.849. The summed E-state index contributed by atoms with van der Waals surface area (Å²) in [6, 6.07) is 22.5. The number of rotatable bonds is 5. The Bertz CT molecular complexity index is 1310. The van der Waals surface area contributed by atoms with Crippen molar-refractivity contribution in [1.29, 1.82) is 0 Å². The highest BCUT2D eigenvalue weighted by Crippen LogP contribution is 2.70. The van der Waals surface area contributed by atoms with E-state index in [1.165, 1.54) is 4.90 Å². The Labute approximate surface area is 226 Å². The zero-order valence-corrected chi connectivity index (χ0v) is 22.7. The van der Waals surface area contributed by atoms with Gasteiger partial charge < -0.3 is 4.74 Å². The molecule has 7 heteroatoms. The number of carbonyl (C=O) groups excluding carboxylic acids is 3. The number of benzene rings is 3. The molecule has 3 aromatic rings. The molecule has 36 heavy (non-hydrogen) atoms.